The molecule has 0 fully saturated rings. The SMILES string of the molecule is CC(C)S(=O)(=O)c1ccc(CC(=O)NCC#CCOc2cccc(Br)c2)cc1. The van der Waals surface area contributed by atoms with Crippen molar-refractivity contribution in [3.63, 3.8) is 0 Å². The van der Waals surface area contributed by atoms with E-state index < -0.39 is 15.1 Å². The van der Waals surface area contributed by atoms with E-state index in [0.717, 1.165) is 15.8 Å². The first-order valence-electron chi connectivity index (χ1n) is 8.72. The van der Waals surface area contributed by atoms with Crippen LogP contribution in [0.4, 0.5) is 0 Å². The highest BCUT2D eigenvalue weighted by Gasteiger charge is 2.18. The van der Waals surface area contributed by atoms with Crippen LogP contribution in [0.3, 0.4) is 0 Å². The third-order valence-electron chi connectivity index (χ3n) is 3.84. The Bertz CT molecular complexity index is 973. The Morgan fingerprint density at radius 3 is 2.50 bits per heavy atom. The van der Waals surface area contributed by atoms with Gasteiger partial charge in [-0.25, -0.2) is 8.42 Å². The van der Waals surface area contributed by atoms with Crippen molar-refractivity contribution < 1.29 is 17.9 Å². The maximum absolute atomic E-state index is 12.1. The van der Waals surface area contributed by atoms with Crippen molar-refractivity contribution in [3.8, 4) is 17.6 Å². The van der Waals surface area contributed by atoms with Crippen LogP contribution in [-0.4, -0.2) is 32.7 Å². The molecule has 0 radical (unpaired) electrons. The number of carbonyl (C=O) groups excluding carboxylic acids is 1. The molecule has 7 heteroatoms. The average Bonchev–Trinajstić information content (AvgIpc) is 2.65. The highest BCUT2D eigenvalue weighted by molar-refractivity contribution is 9.10. The van der Waals surface area contributed by atoms with Crippen molar-refractivity contribution in [2.75, 3.05) is 13.2 Å². The molecule has 1 N–H and O–H groups in total. The third-order valence-corrected chi connectivity index (χ3v) is 6.51. The Kier molecular flexibility index (Phi) is 8.09. The molecule has 0 atom stereocenters. The lowest BCUT2D eigenvalue weighted by molar-refractivity contribution is -0.120. The zero-order valence-electron chi connectivity index (χ0n) is 15.7. The van der Waals surface area contributed by atoms with Crippen molar-refractivity contribution in [3.05, 3.63) is 58.6 Å². The molecule has 0 aliphatic heterocycles. The van der Waals surface area contributed by atoms with Gasteiger partial charge in [-0.05, 0) is 49.7 Å². The van der Waals surface area contributed by atoms with E-state index in [1.807, 2.05) is 24.3 Å². The van der Waals surface area contributed by atoms with Gasteiger partial charge in [-0.3, -0.25) is 4.79 Å². The first-order chi connectivity index (χ1) is 13.3. The van der Waals surface area contributed by atoms with E-state index in [4.69, 9.17) is 4.74 Å². The molecule has 148 valence electrons. The van der Waals surface area contributed by atoms with Crippen molar-refractivity contribution >= 4 is 31.7 Å². The molecule has 0 aliphatic carbocycles. The minimum Gasteiger partial charge on any atom is -0.481 e. The number of sulfone groups is 1. The normalized spacial score (nSPS) is 10.9. The van der Waals surface area contributed by atoms with Gasteiger partial charge >= 0.3 is 0 Å². The number of amides is 1. The summed E-state index contributed by atoms with van der Waals surface area (Å²) in [7, 11) is -3.30. The van der Waals surface area contributed by atoms with E-state index in [1.54, 1.807) is 26.0 Å². The summed E-state index contributed by atoms with van der Waals surface area (Å²) in [5.41, 5.74) is 0.742. The fourth-order valence-corrected chi connectivity index (χ4v) is 3.69. The summed E-state index contributed by atoms with van der Waals surface area (Å²) in [5.74, 6) is 6.21. The van der Waals surface area contributed by atoms with Crippen molar-refractivity contribution in [2.45, 2.75) is 30.4 Å². The van der Waals surface area contributed by atoms with E-state index in [0.29, 0.717) is 0 Å². The van der Waals surface area contributed by atoms with E-state index in [1.165, 1.54) is 12.1 Å². The fourth-order valence-electron chi connectivity index (χ4n) is 2.25. The van der Waals surface area contributed by atoms with Crippen LogP contribution in [-0.2, 0) is 21.1 Å². The van der Waals surface area contributed by atoms with Crippen LogP contribution < -0.4 is 10.1 Å². The molecule has 0 spiro atoms. The lowest BCUT2D eigenvalue weighted by Gasteiger charge is -2.08. The number of nitrogens with one attached hydrogen (secondary N) is 1. The molecule has 28 heavy (non-hydrogen) atoms. The van der Waals surface area contributed by atoms with Crippen LogP contribution in [0.1, 0.15) is 19.4 Å². The lowest BCUT2D eigenvalue weighted by Crippen LogP contribution is -2.25. The zero-order valence-corrected chi connectivity index (χ0v) is 18.1. The topological polar surface area (TPSA) is 72.5 Å². The number of carbonyl (C=O) groups is 1. The molecular weight excluding hydrogens is 442 g/mol. The number of halogens is 1. The predicted octanol–water partition coefficient (Wildman–Crippen LogP) is 3.37. The molecule has 2 aromatic carbocycles. The van der Waals surface area contributed by atoms with Crippen LogP contribution in [0.5, 0.6) is 5.75 Å². The number of benzene rings is 2. The van der Waals surface area contributed by atoms with E-state index >= 15 is 0 Å². The Labute approximate surface area is 174 Å². The van der Waals surface area contributed by atoms with Gasteiger partial charge in [0.25, 0.3) is 0 Å². The van der Waals surface area contributed by atoms with Crippen LogP contribution in [0, 0.1) is 11.8 Å². The largest absolute Gasteiger partial charge is 0.481 e. The zero-order chi connectivity index (χ0) is 20.6. The van der Waals surface area contributed by atoms with E-state index in [2.05, 4.69) is 33.1 Å². The van der Waals surface area contributed by atoms with Crippen LogP contribution in [0.2, 0.25) is 0 Å². The molecule has 5 nitrogen and oxygen atoms in total. The van der Waals surface area contributed by atoms with Crippen molar-refractivity contribution in [1.29, 1.82) is 0 Å². The van der Waals surface area contributed by atoms with Crippen LogP contribution in [0.15, 0.2) is 57.9 Å². The Morgan fingerprint density at radius 1 is 1.14 bits per heavy atom. The van der Waals surface area contributed by atoms with Crippen molar-refractivity contribution in [2.24, 2.45) is 0 Å². The standard InChI is InChI=1S/C21H22BrNO4S/c1-16(2)28(25,26)20-10-8-17(9-11-20)14-21(24)23-12-3-4-13-27-19-7-5-6-18(22)15-19/h5-11,15-16H,12-14H2,1-2H3,(H,23,24). The van der Waals surface area contributed by atoms with Gasteiger partial charge < -0.3 is 10.1 Å². The summed E-state index contributed by atoms with van der Waals surface area (Å²) >= 11 is 3.37. The maximum Gasteiger partial charge on any atom is 0.225 e. The monoisotopic (exact) mass is 463 g/mol. The second kappa shape index (κ2) is 10.3. The Morgan fingerprint density at radius 2 is 1.86 bits per heavy atom. The summed E-state index contributed by atoms with van der Waals surface area (Å²) in [5, 5.41) is 2.23. The van der Waals surface area contributed by atoms with Gasteiger partial charge in [-0.1, -0.05) is 46.0 Å². The molecular formula is C21H22BrNO4S. The molecule has 1 amide bonds. The fraction of sp³-hybridized carbons (Fsp3) is 0.286. The van der Waals surface area contributed by atoms with Gasteiger partial charge in [0.15, 0.2) is 9.84 Å². The first kappa shape index (κ1) is 22.0. The molecule has 0 bridgehead atoms. The summed E-state index contributed by atoms with van der Waals surface area (Å²) in [6, 6.07) is 13.9. The van der Waals surface area contributed by atoms with Gasteiger partial charge in [0.1, 0.15) is 12.4 Å². The number of hydrogen-bond donors (Lipinski definition) is 1. The summed E-state index contributed by atoms with van der Waals surface area (Å²) < 4.78 is 30.6. The lowest BCUT2D eigenvalue weighted by atomic mass is 10.1. The minimum atomic E-state index is -3.30. The molecule has 0 aliphatic rings. The number of ether oxygens (including phenoxy) is 1. The quantitative estimate of drug-likeness (QED) is 0.638. The van der Waals surface area contributed by atoms with E-state index in [-0.39, 0.29) is 30.4 Å². The smallest absolute Gasteiger partial charge is 0.225 e. The van der Waals surface area contributed by atoms with Crippen LogP contribution >= 0.6 is 15.9 Å². The minimum absolute atomic E-state index is 0.165. The van der Waals surface area contributed by atoms with Crippen LogP contribution in [0.25, 0.3) is 0 Å². The van der Waals surface area contributed by atoms with Gasteiger partial charge in [-0.15, -0.1) is 0 Å². The molecule has 0 unspecified atom stereocenters. The Balaban J connectivity index is 1.76. The second-order valence-corrected chi connectivity index (χ2v) is 9.71. The molecule has 0 heterocycles. The average molecular weight is 464 g/mol. The molecule has 2 rings (SSSR count). The first-order valence-corrected chi connectivity index (χ1v) is 11.1. The molecule has 2 aromatic rings. The predicted molar refractivity (Wildman–Crippen MR) is 113 cm³/mol. The summed E-state index contributed by atoms with van der Waals surface area (Å²) in [6.07, 6.45) is 0.165. The third kappa shape index (κ3) is 6.70. The molecule has 0 saturated heterocycles. The van der Waals surface area contributed by atoms with E-state index in [9.17, 15) is 13.2 Å². The maximum atomic E-state index is 12.1. The number of hydrogen-bond acceptors (Lipinski definition) is 4. The van der Waals surface area contributed by atoms with Gasteiger partial charge in [0, 0.05) is 4.47 Å². The second-order valence-electron chi connectivity index (χ2n) is 6.29. The highest BCUT2D eigenvalue weighted by Crippen LogP contribution is 2.18. The number of rotatable bonds is 7. The van der Waals surface area contributed by atoms with Gasteiger partial charge in [0.05, 0.1) is 23.1 Å². The Hall–Kier alpha value is -2.30. The van der Waals surface area contributed by atoms with Gasteiger partial charge in [0.2, 0.25) is 5.91 Å². The van der Waals surface area contributed by atoms with Gasteiger partial charge in [-0.2, -0.15) is 0 Å². The summed E-state index contributed by atoms with van der Waals surface area (Å²) in [4.78, 5) is 12.2. The highest BCUT2D eigenvalue weighted by atomic mass is 79.9. The summed E-state index contributed by atoms with van der Waals surface area (Å²) in [6.45, 7) is 3.74. The molecule has 0 aromatic heterocycles. The van der Waals surface area contributed by atoms with Crippen molar-refractivity contribution in [1.82, 2.24) is 5.32 Å². The molecule has 0 saturated carbocycles.